The third kappa shape index (κ3) is 4.16. The number of rotatable bonds is 3. The Morgan fingerprint density at radius 1 is 1.09 bits per heavy atom. The van der Waals surface area contributed by atoms with Gasteiger partial charge in [0.05, 0.1) is 30.2 Å². The molecule has 1 atom stereocenters. The topological polar surface area (TPSA) is 61.5 Å². The number of amides is 2. The van der Waals surface area contributed by atoms with Gasteiger partial charge in [0, 0.05) is 12.6 Å². The van der Waals surface area contributed by atoms with Crippen LogP contribution in [-0.4, -0.2) is 46.0 Å². The smallest absolute Gasteiger partial charge is 0.320 e. The van der Waals surface area contributed by atoms with Gasteiger partial charge in [-0.2, -0.15) is 0 Å². The minimum Gasteiger partial charge on any atom is -0.491 e. The van der Waals surface area contributed by atoms with Crippen molar-refractivity contribution in [1.82, 2.24) is 19.8 Å². The quantitative estimate of drug-likeness (QED) is 0.455. The molecule has 2 amide bonds. The number of aromatic amines is 1. The van der Waals surface area contributed by atoms with Gasteiger partial charge in [-0.25, -0.2) is 9.78 Å². The van der Waals surface area contributed by atoms with Crippen LogP contribution in [0.15, 0.2) is 66.7 Å². The number of hydrogen-bond acceptors (Lipinski definition) is 3. The number of H-pyrrole nitrogens is 1. The summed E-state index contributed by atoms with van der Waals surface area (Å²) in [6.07, 6.45) is 0. The van der Waals surface area contributed by atoms with E-state index in [0.717, 1.165) is 44.9 Å². The largest absolute Gasteiger partial charge is 0.491 e. The molecule has 0 saturated carbocycles. The molecular formula is C27H28N4O2. The summed E-state index contributed by atoms with van der Waals surface area (Å²) in [5.74, 6) is 1.74. The average molecular weight is 441 g/mol. The van der Waals surface area contributed by atoms with Gasteiger partial charge in [0.1, 0.15) is 18.2 Å². The summed E-state index contributed by atoms with van der Waals surface area (Å²) in [5.41, 5.74) is 6.30. The van der Waals surface area contributed by atoms with Gasteiger partial charge in [-0.15, -0.1) is 0 Å². The first-order valence-corrected chi connectivity index (χ1v) is 11.3. The molecule has 0 fully saturated rings. The molecule has 1 N–H and O–H groups in total. The van der Waals surface area contributed by atoms with Gasteiger partial charge in [0.15, 0.2) is 0 Å². The number of aromatic nitrogens is 2. The Morgan fingerprint density at radius 2 is 1.85 bits per heavy atom. The highest BCUT2D eigenvalue weighted by Gasteiger charge is 2.26. The van der Waals surface area contributed by atoms with Crippen LogP contribution < -0.4 is 4.74 Å². The Kier molecular flexibility index (Phi) is 5.50. The van der Waals surface area contributed by atoms with E-state index in [2.05, 4.69) is 53.3 Å². The number of aryl methyl sites for hydroxylation is 1. The third-order valence-electron chi connectivity index (χ3n) is 6.41. The van der Waals surface area contributed by atoms with E-state index in [1.54, 1.807) is 4.90 Å². The summed E-state index contributed by atoms with van der Waals surface area (Å²) in [6, 6.07) is 22.5. The van der Waals surface area contributed by atoms with Gasteiger partial charge in [-0.05, 0) is 54.8 Å². The van der Waals surface area contributed by atoms with Gasteiger partial charge in [-0.1, -0.05) is 42.5 Å². The molecule has 6 heteroatoms. The first-order valence-electron chi connectivity index (χ1n) is 11.3. The molecule has 0 saturated heterocycles. The number of benzene rings is 3. The van der Waals surface area contributed by atoms with E-state index >= 15 is 0 Å². The van der Waals surface area contributed by atoms with Crippen molar-refractivity contribution >= 4 is 17.1 Å². The lowest BCUT2D eigenvalue weighted by molar-refractivity contribution is 0.142. The van der Waals surface area contributed by atoms with Crippen molar-refractivity contribution in [2.24, 2.45) is 0 Å². The normalized spacial score (nSPS) is 14.3. The standard InChI is InChI=1S/C27H28N4O2/c1-18(20-7-5-4-6-8-20)30(3)27(32)31-13-14-33-26-12-10-21(15-23(26)17-31)22-9-11-24-25(16-22)29-19(2)28-24/h4-12,15-16,18H,13-14,17H2,1-3H3,(H,28,29)/t18-/m0/s1. The fourth-order valence-corrected chi connectivity index (χ4v) is 4.40. The molecular weight excluding hydrogens is 412 g/mol. The summed E-state index contributed by atoms with van der Waals surface area (Å²) in [7, 11) is 1.87. The lowest BCUT2D eigenvalue weighted by Gasteiger charge is -2.31. The molecule has 5 rings (SSSR count). The summed E-state index contributed by atoms with van der Waals surface area (Å²) >= 11 is 0. The van der Waals surface area contributed by atoms with Crippen molar-refractivity contribution in [2.75, 3.05) is 20.2 Å². The second kappa shape index (κ2) is 8.62. The minimum atomic E-state index is -0.0155. The van der Waals surface area contributed by atoms with Crippen molar-refractivity contribution in [3.8, 4) is 16.9 Å². The second-order valence-electron chi connectivity index (χ2n) is 8.63. The van der Waals surface area contributed by atoms with Gasteiger partial charge in [-0.3, -0.25) is 0 Å². The zero-order valence-corrected chi connectivity index (χ0v) is 19.2. The predicted molar refractivity (Wildman–Crippen MR) is 130 cm³/mol. The van der Waals surface area contributed by atoms with Crippen LogP contribution >= 0.6 is 0 Å². The van der Waals surface area contributed by atoms with E-state index in [1.807, 2.05) is 49.2 Å². The zero-order chi connectivity index (χ0) is 22.9. The van der Waals surface area contributed by atoms with Crippen LogP contribution in [-0.2, 0) is 6.54 Å². The fraction of sp³-hybridized carbons (Fsp3) is 0.259. The van der Waals surface area contributed by atoms with Gasteiger partial charge >= 0.3 is 6.03 Å². The molecule has 0 spiro atoms. The van der Waals surface area contributed by atoms with Crippen LogP contribution in [0.1, 0.15) is 29.9 Å². The van der Waals surface area contributed by atoms with Crippen molar-refractivity contribution in [1.29, 1.82) is 0 Å². The van der Waals surface area contributed by atoms with Crippen molar-refractivity contribution in [3.63, 3.8) is 0 Å². The number of fused-ring (bicyclic) bond motifs is 2. The molecule has 1 aromatic heterocycles. The molecule has 0 unspecified atom stereocenters. The second-order valence-corrected chi connectivity index (χ2v) is 8.63. The lowest BCUT2D eigenvalue weighted by atomic mass is 10.0. The molecule has 0 radical (unpaired) electrons. The molecule has 4 aromatic rings. The van der Waals surface area contributed by atoms with Crippen molar-refractivity contribution < 1.29 is 9.53 Å². The molecule has 2 heterocycles. The van der Waals surface area contributed by atoms with Gasteiger partial charge in [0.25, 0.3) is 0 Å². The zero-order valence-electron chi connectivity index (χ0n) is 19.2. The Balaban J connectivity index is 1.40. The van der Waals surface area contributed by atoms with Crippen LogP contribution in [0.5, 0.6) is 5.75 Å². The van der Waals surface area contributed by atoms with Gasteiger partial charge in [0.2, 0.25) is 0 Å². The molecule has 3 aromatic carbocycles. The van der Waals surface area contributed by atoms with Crippen LogP contribution in [0.3, 0.4) is 0 Å². The first-order chi connectivity index (χ1) is 16.0. The maximum Gasteiger partial charge on any atom is 0.320 e. The maximum atomic E-state index is 13.4. The number of carbonyl (C=O) groups is 1. The van der Waals surface area contributed by atoms with Crippen LogP contribution in [0.25, 0.3) is 22.2 Å². The Bertz CT molecular complexity index is 1300. The number of ether oxygens (including phenoxy) is 1. The average Bonchev–Trinajstić information content (AvgIpc) is 3.08. The van der Waals surface area contributed by atoms with E-state index in [-0.39, 0.29) is 12.1 Å². The van der Waals surface area contributed by atoms with Crippen molar-refractivity contribution in [3.05, 3.63) is 83.7 Å². The van der Waals surface area contributed by atoms with E-state index < -0.39 is 0 Å². The maximum absolute atomic E-state index is 13.4. The lowest BCUT2D eigenvalue weighted by Crippen LogP contribution is -2.42. The summed E-state index contributed by atoms with van der Waals surface area (Å²) in [5, 5.41) is 0. The summed E-state index contributed by atoms with van der Waals surface area (Å²) < 4.78 is 5.99. The highest BCUT2D eigenvalue weighted by molar-refractivity contribution is 5.82. The minimum absolute atomic E-state index is 0.00237. The fourth-order valence-electron chi connectivity index (χ4n) is 4.40. The van der Waals surface area contributed by atoms with Crippen LogP contribution in [0.2, 0.25) is 0 Å². The summed E-state index contributed by atoms with van der Waals surface area (Å²) in [4.78, 5) is 24.8. The third-order valence-corrected chi connectivity index (χ3v) is 6.41. The predicted octanol–water partition coefficient (Wildman–Crippen LogP) is 5.55. The van der Waals surface area contributed by atoms with Gasteiger partial charge < -0.3 is 19.5 Å². The monoisotopic (exact) mass is 440 g/mol. The molecule has 6 nitrogen and oxygen atoms in total. The highest BCUT2D eigenvalue weighted by atomic mass is 16.5. The molecule has 0 aliphatic carbocycles. The van der Waals surface area contributed by atoms with E-state index in [4.69, 9.17) is 4.74 Å². The highest BCUT2D eigenvalue weighted by Crippen LogP contribution is 2.31. The molecule has 0 bridgehead atoms. The Labute approximate surface area is 193 Å². The SMILES string of the molecule is Cc1nc2ccc(-c3ccc4c(c3)CN(C(=O)N(C)[C@@H](C)c3ccccc3)CCO4)cc2[nH]1. The van der Waals surface area contributed by atoms with Crippen LogP contribution in [0.4, 0.5) is 4.79 Å². The van der Waals surface area contributed by atoms with E-state index in [0.29, 0.717) is 19.7 Å². The Morgan fingerprint density at radius 3 is 2.67 bits per heavy atom. The number of urea groups is 1. The molecule has 1 aliphatic rings. The molecule has 33 heavy (non-hydrogen) atoms. The van der Waals surface area contributed by atoms with Crippen LogP contribution in [0, 0.1) is 6.92 Å². The number of imidazole rings is 1. The number of carbonyl (C=O) groups excluding carboxylic acids is 1. The van der Waals surface area contributed by atoms with Crippen molar-refractivity contribution in [2.45, 2.75) is 26.4 Å². The first kappa shape index (κ1) is 21.1. The molecule has 168 valence electrons. The summed E-state index contributed by atoms with van der Waals surface area (Å²) in [6.45, 7) is 5.56. The Hall–Kier alpha value is -3.80. The number of nitrogens with one attached hydrogen (secondary N) is 1. The number of hydrogen-bond donors (Lipinski definition) is 1. The van der Waals surface area contributed by atoms with E-state index in [9.17, 15) is 4.79 Å². The molecule has 1 aliphatic heterocycles. The van der Waals surface area contributed by atoms with E-state index in [1.165, 1.54) is 0 Å². The number of nitrogens with zero attached hydrogens (tertiary/aromatic N) is 3.